The molecule has 0 aliphatic carbocycles. The van der Waals surface area contributed by atoms with E-state index in [9.17, 15) is 4.79 Å². The van der Waals surface area contributed by atoms with E-state index in [1.165, 1.54) is 11.1 Å². The molecule has 1 unspecified atom stereocenters. The van der Waals surface area contributed by atoms with Gasteiger partial charge >= 0.3 is 0 Å². The van der Waals surface area contributed by atoms with Crippen LogP contribution < -0.4 is 0 Å². The highest BCUT2D eigenvalue weighted by molar-refractivity contribution is 7.79. The largest absolute Gasteiger partial charge is 0.345 e. The van der Waals surface area contributed by atoms with Crippen LogP contribution in [0.15, 0.2) is 67.4 Å². The van der Waals surface area contributed by atoms with Crippen LogP contribution in [-0.2, 0) is 10.5 Å². The zero-order chi connectivity index (χ0) is 22.8. The molecule has 31 heavy (non-hydrogen) atoms. The zero-order valence-corrected chi connectivity index (χ0v) is 20.0. The zero-order valence-electron chi connectivity index (χ0n) is 18.4. The third-order valence-corrected chi connectivity index (χ3v) is 5.96. The summed E-state index contributed by atoms with van der Waals surface area (Å²) < 4.78 is 0. The molecule has 2 aromatic rings. The molecule has 0 radical (unpaired) electrons. The van der Waals surface area contributed by atoms with Crippen molar-refractivity contribution in [3.63, 3.8) is 0 Å². The molecule has 1 aliphatic rings. The number of rotatable bonds is 7. The second kappa shape index (κ2) is 12.5. The van der Waals surface area contributed by atoms with Crippen LogP contribution in [0, 0.1) is 6.92 Å². The van der Waals surface area contributed by atoms with E-state index in [-0.39, 0.29) is 0 Å². The summed E-state index contributed by atoms with van der Waals surface area (Å²) in [5.74, 6) is 1.11. The Morgan fingerprint density at radius 1 is 1.35 bits per heavy atom. The van der Waals surface area contributed by atoms with Gasteiger partial charge in [0.15, 0.2) is 0 Å². The molecule has 0 spiro atoms. The van der Waals surface area contributed by atoms with Crippen molar-refractivity contribution in [2.45, 2.75) is 38.4 Å². The summed E-state index contributed by atoms with van der Waals surface area (Å²) in [6.45, 7) is 13.7. The van der Waals surface area contributed by atoms with Crippen LogP contribution in [0.3, 0.4) is 0 Å². The van der Waals surface area contributed by atoms with Gasteiger partial charge in [-0.2, -0.15) is 12.6 Å². The normalized spacial score (nSPS) is 15.8. The van der Waals surface area contributed by atoms with Crippen molar-refractivity contribution < 1.29 is 4.79 Å². The smallest absolute Gasteiger partial charge is 0.209 e. The van der Waals surface area contributed by atoms with Gasteiger partial charge in [-0.1, -0.05) is 62.0 Å². The van der Waals surface area contributed by atoms with E-state index in [1.807, 2.05) is 36.1 Å². The Balaban J connectivity index is 0.000000357. The topological polar surface area (TPSA) is 33.2 Å². The number of halogens is 1. The van der Waals surface area contributed by atoms with Gasteiger partial charge in [-0.25, -0.2) is 0 Å². The number of thiol groups is 1. The van der Waals surface area contributed by atoms with Crippen molar-refractivity contribution in [1.82, 2.24) is 9.88 Å². The number of hydrogen-bond acceptors (Lipinski definition) is 3. The van der Waals surface area contributed by atoms with Crippen LogP contribution >= 0.6 is 24.2 Å². The van der Waals surface area contributed by atoms with Crippen molar-refractivity contribution in [3.8, 4) is 0 Å². The van der Waals surface area contributed by atoms with Gasteiger partial charge in [0.05, 0.1) is 5.02 Å². The highest BCUT2D eigenvalue weighted by Gasteiger charge is 2.24. The molecule has 0 bridgehead atoms. The fraction of sp³-hybridized carbons (Fsp3) is 0.308. The molecule has 0 N–H and O–H groups in total. The Hall–Kier alpha value is -2.30. The van der Waals surface area contributed by atoms with Crippen molar-refractivity contribution in [2.75, 3.05) is 13.1 Å². The first kappa shape index (κ1) is 25.0. The minimum absolute atomic E-state index is 0.414. The van der Waals surface area contributed by atoms with E-state index in [0.717, 1.165) is 54.7 Å². The molecule has 1 saturated heterocycles. The van der Waals surface area contributed by atoms with Crippen molar-refractivity contribution in [2.24, 2.45) is 0 Å². The molecule has 1 aromatic carbocycles. The highest BCUT2D eigenvalue weighted by atomic mass is 35.5. The molecule has 3 nitrogen and oxygen atoms in total. The summed E-state index contributed by atoms with van der Waals surface area (Å²) in [7, 11) is 0. The summed E-state index contributed by atoms with van der Waals surface area (Å²) >= 11 is 10.1. The lowest BCUT2D eigenvalue weighted by atomic mass is 9.89. The third-order valence-electron chi connectivity index (χ3n) is 5.40. The Labute approximate surface area is 196 Å². The number of aromatic nitrogens is 1. The number of carbonyl (C=O) groups is 1. The molecule has 1 aliphatic heterocycles. The van der Waals surface area contributed by atoms with E-state index in [2.05, 4.69) is 55.9 Å². The predicted octanol–water partition coefficient (Wildman–Crippen LogP) is 6.64. The third kappa shape index (κ3) is 7.12. The summed E-state index contributed by atoms with van der Waals surface area (Å²) in [5.41, 5.74) is 6.95. The molecule has 164 valence electrons. The van der Waals surface area contributed by atoms with Gasteiger partial charge in [0.1, 0.15) is 0 Å². The average Bonchev–Trinajstić information content (AvgIpc) is 3.28. The second-order valence-corrected chi connectivity index (χ2v) is 8.30. The molecule has 1 fully saturated rings. The number of pyridine rings is 1. The molecule has 3 rings (SSSR count). The number of nitrogens with zero attached hydrogens (tertiary/aromatic N) is 2. The van der Waals surface area contributed by atoms with Crippen LogP contribution in [0.1, 0.15) is 48.1 Å². The van der Waals surface area contributed by atoms with Gasteiger partial charge in [0, 0.05) is 36.7 Å². The van der Waals surface area contributed by atoms with Crippen LogP contribution in [0.5, 0.6) is 0 Å². The van der Waals surface area contributed by atoms with E-state index in [4.69, 9.17) is 11.6 Å². The van der Waals surface area contributed by atoms with Gasteiger partial charge in [0.25, 0.3) is 0 Å². The molecule has 1 atom stereocenters. The lowest BCUT2D eigenvalue weighted by molar-refractivity contribution is -0.117. The summed E-state index contributed by atoms with van der Waals surface area (Å²) in [5, 5.41) is 0.690. The Bertz CT molecular complexity index is 916. The van der Waals surface area contributed by atoms with Gasteiger partial charge in [-0.3, -0.25) is 9.78 Å². The minimum Gasteiger partial charge on any atom is -0.345 e. The second-order valence-electron chi connectivity index (χ2n) is 7.55. The monoisotopic (exact) mass is 454 g/mol. The number of allylic oxidation sites excluding steroid dienone is 4. The van der Waals surface area contributed by atoms with E-state index in [0.29, 0.717) is 16.7 Å². The van der Waals surface area contributed by atoms with Crippen LogP contribution in [-0.4, -0.2) is 29.4 Å². The molecular weight excluding hydrogens is 424 g/mol. The van der Waals surface area contributed by atoms with Crippen molar-refractivity contribution in [1.29, 1.82) is 0 Å². The predicted molar refractivity (Wildman–Crippen MR) is 136 cm³/mol. The SMILES string of the molecule is C=C/C=C(\C(=C)CC)c1ccc(C2CCN(C=O)C2)c(CS)c1.Cc1ccc(Cl)cn1. The molecule has 0 saturated carbocycles. The van der Waals surface area contributed by atoms with Crippen molar-refractivity contribution >= 4 is 36.2 Å². The maximum atomic E-state index is 10.9. The molecular formula is C26H31ClN2OS. The fourth-order valence-corrected chi connectivity index (χ4v) is 4.01. The molecule has 2 heterocycles. The first-order chi connectivity index (χ1) is 14.9. The minimum atomic E-state index is 0.414. The standard InChI is InChI=1S/C20H25NOS.C6H6ClN/c1-4-6-19(15(3)5-2)16-7-8-20(18(11-16)13-23)17-9-10-21(12-17)14-22;1-5-2-3-6(7)4-8-5/h4,6-8,11,14,17,23H,1,3,5,9-10,12-13H2,2H3;2-4H,1H3/b19-6+;. The maximum Gasteiger partial charge on any atom is 0.209 e. The number of likely N-dealkylation sites (tertiary alicyclic amines) is 1. The average molecular weight is 455 g/mol. The Kier molecular flexibility index (Phi) is 10.1. The lowest BCUT2D eigenvalue weighted by Gasteiger charge is -2.18. The van der Waals surface area contributed by atoms with Gasteiger partial charge in [-0.05, 0) is 59.7 Å². The van der Waals surface area contributed by atoms with Crippen LogP contribution in [0.2, 0.25) is 5.02 Å². The molecule has 5 heteroatoms. The van der Waals surface area contributed by atoms with Crippen molar-refractivity contribution in [3.05, 3.63) is 94.8 Å². The highest BCUT2D eigenvalue weighted by Crippen LogP contribution is 2.33. The van der Waals surface area contributed by atoms with Crippen LogP contribution in [0.4, 0.5) is 0 Å². The number of hydrogen-bond donors (Lipinski definition) is 1. The first-order valence-corrected chi connectivity index (χ1v) is 11.5. The lowest BCUT2D eigenvalue weighted by Crippen LogP contribution is -2.17. The van der Waals surface area contributed by atoms with Gasteiger partial charge in [0.2, 0.25) is 6.41 Å². The Morgan fingerprint density at radius 3 is 2.65 bits per heavy atom. The maximum absolute atomic E-state index is 10.9. The van der Waals surface area contributed by atoms with Gasteiger partial charge in [-0.15, -0.1) is 0 Å². The number of aryl methyl sites for hydroxylation is 1. The first-order valence-electron chi connectivity index (χ1n) is 10.5. The van der Waals surface area contributed by atoms with Gasteiger partial charge < -0.3 is 4.90 Å². The van der Waals surface area contributed by atoms with E-state index < -0.39 is 0 Å². The molecule has 1 aromatic heterocycles. The number of benzene rings is 1. The summed E-state index contributed by atoms with van der Waals surface area (Å²) in [4.78, 5) is 16.7. The van der Waals surface area contributed by atoms with E-state index >= 15 is 0 Å². The quantitative estimate of drug-likeness (QED) is 0.289. The van der Waals surface area contributed by atoms with Crippen LogP contribution in [0.25, 0.3) is 5.57 Å². The summed E-state index contributed by atoms with van der Waals surface area (Å²) in [6, 6.07) is 10.3. The summed E-state index contributed by atoms with van der Waals surface area (Å²) in [6.07, 6.45) is 8.35. The fourth-order valence-electron chi connectivity index (χ4n) is 3.62. The van der Waals surface area contributed by atoms with E-state index in [1.54, 1.807) is 6.20 Å². The Morgan fingerprint density at radius 2 is 2.13 bits per heavy atom. The number of amides is 1. The molecule has 1 amide bonds. The number of carbonyl (C=O) groups excluding carboxylic acids is 1.